The number of hydrogen-bond acceptors (Lipinski definition) is 24. The van der Waals surface area contributed by atoms with Gasteiger partial charge in [0.1, 0.15) is 90.0 Å². The van der Waals surface area contributed by atoms with E-state index in [1.54, 1.807) is 38.1 Å². The van der Waals surface area contributed by atoms with Crippen molar-refractivity contribution in [1.29, 1.82) is 5.41 Å². The monoisotopic (exact) mass is 1630 g/mol. The number of aliphatic carboxylic acids is 2. The van der Waals surface area contributed by atoms with E-state index in [1.165, 1.54) is 61.7 Å². The normalized spacial score (nSPS) is 14.7. The summed E-state index contributed by atoms with van der Waals surface area (Å²) in [5.74, 6) is -22.0. The lowest BCUT2D eigenvalue weighted by molar-refractivity contribution is -0.145. The van der Waals surface area contributed by atoms with E-state index < -0.39 is 256 Å². The Balaban J connectivity index is 1.69. The van der Waals surface area contributed by atoms with E-state index in [-0.39, 0.29) is 55.2 Å². The number of hydrogen-bond donors (Lipinski definition) is 27. The van der Waals surface area contributed by atoms with Gasteiger partial charge >= 0.3 is 11.9 Å². The van der Waals surface area contributed by atoms with Crippen molar-refractivity contribution in [3.8, 4) is 11.5 Å². The van der Waals surface area contributed by atoms with Crippen molar-refractivity contribution in [2.24, 2.45) is 34.6 Å². The number of para-hydroxylation sites is 1. The van der Waals surface area contributed by atoms with Crippen molar-refractivity contribution in [1.82, 2.24) is 74.1 Å². The predicted molar refractivity (Wildman–Crippen MR) is 407 cm³/mol. The summed E-state index contributed by atoms with van der Waals surface area (Å²) in [5.41, 5.74) is 28.8. The van der Waals surface area contributed by atoms with Gasteiger partial charge in [-0.2, -0.15) is 0 Å². The molecule has 1 aromatic heterocycles. The number of phenolic OH excluding ortho intramolecular Hbond substituents is 2. The first-order valence-electron chi connectivity index (χ1n) is 36.4. The molecular formula is C72H102N20O24. The molecule has 3 aromatic carbocycles. The first-order valence-corrected chi connectivity index (χ1v) is 36.4. The Bertz CT molecular complexity index is 4160. The Labute approximate surface area is 662 Å². The number of carboxylic acids is 2. The van der Waals surface area contributed by atoms with Crippen LogP contribution in [0, 0.1) is 11.3 Å². The number of carbonyl (C=O) groups excluding carboxylic acids is 15. The number of aliphatic hydroxyl groups is 3. The Morgan fingerprint density at radius 3 is 1.23 bits per heavy atom. The van der Waals surface area contributed by atoms with Crippen molar-refractivity contribution in [3.05, 3.63) is 95.7 Å². The molecule has 0 fully saturated rings. The molecule has 0 unspecified atom stereocenters. The maximum absolute atomic E-state index is 15.1. The Morgan fingerprint density at radius 2 is 0.810 bits per heavy atom. The molecule has 4 rings (SSSR count). The van der Waals surface area contributed by atoms with Crippen molar-refractivity contribution in [2.45, 2.75) is 189 Å². The van der Waals surface area contributed by atoms with Crippen molar-refractivity contribution < 1.29 is 117 Å². The number of carbonyl (C=O) groups is 17. The second kappa shape index (κ2) is 46.8. The van der Waals surface area contributed by atoms with Crippen LogP contribution in [-0.4, -0.2) is 252 Å². The molecule has 1 heterocycles. The number of nitrogens with two attached hydrogens (primary N) is 5. The fraction of sp³-hybridized carbons (Fsp3) is 0.472. The molecule has 0 aliphatic rings. The number of H-pyrrole nitrogens is 1. The van der Waals surface area contributed by atoms with Gasteiger partial charge in [-0.1, -0.05) is 56.3 Å². The van der Waals surface area contributed by atoms with E-state index >= 15 is 4.79 Å². The zero-order valence-corrected chi connectivity index (χ0v) is 63.7. The lowest BCUT2D eigenvalue weighted by atomic mass is 10.00. The van der Waals surface area contributed by atoms with Crippen molar-refractivity contribution in [2.75, 3.05) is 19.8 Å². The van der Waals surface area contributed by atoms with Gasteiger partial charge in [0.15, 0.2) is 5.96 Å². The summed E-state index contributed by atoms with van der Waals surface area (Å²) in [4.78, 5) is 232. The van der Waals surface area contributed by atoms with E-state index in [4.69, 9.17) is 34.1 Å². The van der Waals surface area contributed by atoms with Gasteiger partial charge in [-0.05, 0) is 98.9 Å². The molecule has 0 aliphatic carbocycles. The van der Waals surface area contributed by atoms with Crippen LogP contribution in [0.3, 0.4) is 0 Å². The largest absolute Gasteiger partial charge is 0.508 e. The van der Waals surface area contributed by atoms with Gasteiger partial charge in [0.05, 0.1) is 32.2 Å². The predicted octanol–water partition coefficient (Wildman–Crippen LogP) is -8.59. The molecule has 0 saturated heterocycles. The van der Waals surface area contributed by atoms with E-state index in [1.807, 2.05) is 10.6 Å². The molecule has 0 radical (unpaired) electrons. The van der Waals surface area contributed by atoms with Crippen LogP contribution in [0.5, 0.6) is 11.5 Å². The number of rotatable bonds is 50. The number of guanidine groups is 1. The first-order chi connectivity index (χ1) is 54.6. The Kier molecular flexibility index (Phi) is 38.4. The van der Waals surface area contributed by atoms with E-state index in [2.05, 4.69) is 63.5 Å². The molecule has 14 atom stereocenters. The molecule has 0 saturated carbocycles. The molecular weight excluding hydrogens is 1530 g/mol. The molecule has 634 valence electrons. The summed E-state index contributed by atoms with van der Waals surface area (Å²) in [6.45, 7) is 3.14. The van der Waals surface area contributed by atoms with Crippen LogP contribution in [0.25, 0.3) is 10.9 Å². The second-order valence-corrected chi connectivity index (χ2v) is 27.6. The fourth-order valence-electron chi connectivity index (χ4n) is 11.3. The van der Waals surface area contributed by atoms with Gasteiger partial charge in [0.2, 0.25) is 88.6 Å². The van der Waals surface area contributed by atoms with Crippen LogP contribution in [0.2, 0.25) is 0 Å². The molecule has 44 heteroatoms. The van der Waals surface area contributed by atoms with Gasteiger partial charge in [0.25, 0.3) is 0 Å². The number of aliphatic hydroxyl groups excluding tert-OH is 3. The van der Waals surface area contributed by atoms with E-state index in [0.29, 0.717) is 22.0 Å². The quantitative estimate of drug-likeness (QED) is 0.0111. The van der Waals surface area contributed by atoms with Crippen LogP contribution in [0.4, 0.5) is 0 Å². The Hall–Kier alpha value is -13.1. The minimum absolute atomic E-state index is 0.00407. The van der Waals surface area contributed by atoms with Crippen molar-refractivity contribution >= 4 is 117 Å². The van der Waals surface area contributed by atoms with Crippen molar-refractivity contribution in [3.63, 3.8) is 0 Å². The zero-order valence-electron chi connectivity index (χ0n) is 63.7. The van der Waals surface area contributed by atoms with Gasteiger partial charge in [0, 0.05) is 55.7 Å². The van der Waals surface area contributed by atoms with Crippen LogP contribution in [-0.2, 0) is 101 Å². The molecule has 44 nitrogen and oxygen atoms in total. The Morgan fingerprint density at radius 1 is 0.431 bits per heavy atom. The van der Waals surface area contributed by atoms with Gasteiger partial charge < -0.3 is 139 Å². The number of nitrogens with one attached hydrogen (secondary N) is 15. The number of aromatic amines is 1. The number of aromatic hydroxyl groups is 2. The topological polar surface area (TPSA) is 758 Å². The summed E-state index contributed by atoms with van der Waals surface area (Å²) in [7, 11) is 0. The molecule has 15 amide bonds. The number of carboxylic acid groups (broad SMARTS) is 2. The van der Waals surface area contributed by atoms with Gasteiger partial charge in [-0.15, -0.1) is 0 Å². The van der Waals surface area contributed by atoms with Gasteiger partial charge in [-0.3, -0.25) is 82.1 Å². The summed E-state index contributed by atoms with van der Waals surface area (Å²) in [6.07, 6.45) is -6.02. The van der Waals surface area contributed by atoms with Crippen LogP contribution in [0.1, 0.15) is 102 Å². The number of amides is 15. The first kappa shape index (κ1) is 95.3. The minimum atomic E-state index is -2.05. The standard InChI is InChI=1S/C72H102N20O24/c1-33(2)24-46(89-70(114)58(76)35(4)95)63(107)87-47(25-36-11-15-39(96)16-12-36)64(108)83-45(20-22-55(74)99)62(106)91-53(32-94)69(113)88-49(27-38-30-80-42-9-6-5-8-41(38)42)66(110)82-43(10-7-23-79-72(77)78)61(105)86-48(26-37-13-17-40(97)18-14-37)65(109)92-52(31-93)68(112)84-44(19-21-54(73)98)60(104)81-34(3)59(103)85-50(29-57(101)102)67(111)90-51(71(115)116)28-56(75)100/h5-6,8-9,11-18,30,33-35,43-53,58,80,93-97H,7,10,19-29,31-32,76H2,1-4H3,(H2,73,98)(H2,74,99)(H2,75,100)(H,81,104)(H,82,110)(H,83,108)(H,84,112)(H,85,103)(H,86,105)(H,87,107)(H,88,113)(H,89,114)(H,90,111)(H,91,106)(H,92,109)(H,101,102)(H,115,116)(H4,77,78,79)/t34-,35+,43-,44-,45-,46-,47-,48-,49-,50-,51-,52-,53-,58-/m0/s1. The number of benzene rings is 3. The maximum Gasteiger partial charge on any atom is 0.326 e. The summed E-state index contributed by atoms with van der Waals surface area (Å²) in [6, 6.07) is -5.97. The second-order valence-electron chi connectivity index (χ2n) is 27.6. The smallest absolute Gasteiger partial charge is 0.326 e. The molecule has 116 heavy (non-hydrogen) atoms. The minimum Gasteiger partial charge on any atom is -0.508 e. The summed E-state index contributed by atoms with van der Waals surface area (Å²) >= 11 is 0. The molecule has 0 spiro atoms. The molecule has 32 N–H and O–H groups in total. The highest BCUT2D eigenvalue weighted by atomic mass is 16.4. The highest BCUT2D eigenvalue weighted by molar-refractivity contribution is 6.01. The molecule has 4 aromatic rings. The third-order valence-corrected chi connectivity index (χ3v) is 17.6. The summed E-state index contributed by atoms with van der Waals surface area (Å²) < 4.78 is 0. The number of phenols is 2. The van der Waals surface area contributed by atoms with Crippen LogP contribution in [0.15, 0.2) is 79.0 Å². The lowest BCUT2D eigenvalue weighted by Crippen LogP contribution is -2.62. The average Bonchev–Trinajstić information content (AvgIpc) is 1.61. The highest BCUT2D eigenvalue weighted by Gasteiger charge is 2.39. The SMILES string of the molecule is CC(C)C[C@H](NC(=O)[C@@H](N)[C@@H](C)O)C(=O)N[C@@H](Cc1ccc(O)cc1)C(=O)N[C@@H](CCC(N)=O)C(=O)N[C@@H](CO)C(=O)N[C@@H](Cc1c[nH]c2ccccc12)C(=O)N[C@@H](CCCNC(=N)N)C(=O)N[C@@H](Cc1ccc(O)cc1)C(=O)N[C@@H](CO)C(=O)N[C@@H](CCC(N)=O)C(=O)N[C@@H](C)C(=O)N[C@@H](CC(=O)O)C(=O)N[C@@H](CC(N)=O)C(=O)O. The van der Waals surface area contributed by atoms with Crippen LogP contribution < -0.4 is 97.8 Å². The lowest BCUT2D eigenvalue weighted by Gasteiger charge is -2.28. The third kappa shape index (κ3) is 32.5. The number of primary amides is 3. The van der Waals surface area contributed by atoms with E-state index in [0.717, 1.165) is 6.92 Å². The molecule has 0 bridgehead atoms. The number of fused-ring (bicyclic) bond motifs is 1. The van der Waals surface area contributed by atoms with Crippen LogP contribution >= 0.6 is 0 Å². The highest BCUT2D eigenvalue weighted by Crippen LogP contribution is 2.21. The third-order valence-electron chi connectivity index (χ3n) is 17.6. The zero-order chi connectivity index (χ0) is 86.8. The summed E-state index contributed by atoms with van der Waals surface area (Å²) in [5, 5.41) is 109. The molecule has 0 aliphatic heterocycles. The fourth-order valence-corrected chi connectivity index (χ4v) is 11.3. The maximum atomic E-state index is 15.1. The number of aromatic nitrogens is 1. The van der Waals surface area contributed by atoms with E-state index in [9.17, 15) is 112 Å². The average molecular weight is 1630 g/mol. The van der Waals surface area contributed by atoms with Gasteiger partial charge in [-0.25, -0.2) is 4.79 Å².